The molecule has 2 heterocycles. The number of methoxy groups -OCH3 is 1. The minimum atomic E-state index is -0.0285. The zero-order valence-electron chi connectivity index (χ0n) is 13.0. The van der Waals surface area contributed by atoms with Gasteiger partial charge >= 0.3 is 0 Å². The van der Waals surface area contributed by atoms with E-state index in [0.717, 1.165) is 16.4 Å². The van der Waals surface area contributed by atoms with Crippen molar-refractivity contribution >= 4 is 28.4 Å². The maximum Gasteiger partial charge on any atom is 0.194 e. The van der Waals surface area contributed by atoms with Gasteiger partial charge in [0.15, 0.2) is 4.96 Å². The Morgan fingerprint density at radius 3 is 2.60 bits per heavy atom. The second-order valence-electron chi connectivity index (χ2n) is 5.25. The minimum Gasteiger partial charge on any atom is -0.497 e. The van der Waals surface area contributed by atoms with Crippen molar-refractivity contribution in [3.05, 3.63) is 33.6 Å². The molecular formula is C16H22N2OS. The smallest absolute Gasteiger partial charge is 0.194 e. The van der Waals surface area contributed by atoms with E-state index in [2.05, 4.69) is 47.7 Å². The van der Waals surface area contributed by atoms with Crippen LogP contribution in [-0.4, -0.2) is 16.5 Å². The first kappa shape index (κ1) is 14.9. The monoisotopic (exact) mass is 290 g/mol. The van der Waals surface area contributed by atoms with E-state index < -0.39 is 0 Å². The minimum absolute atomic E-state index is 0.0285. The summed E-state index contributed by atoms with van der Waals surface area (Å²) < 4.78 is 8.79. The normalized spacial score (nSPS) is 16.0. The summed E-state index contributed by atoms with van der Waals surface area (Å²) in [5.41, 5.74) is 1.03. The molecule has 0 aromatic carbocycles. The average molecular weight is 290 g/mol. The first-order valence-electron chi connectivity index (χ1n) is 6.94. The fraction of sp³-hybridized carbons (Fsp3) is 0.438. The van der Waals surface area contributed by atoms with Gasteiger partial charge in [-0.3, -0.25) is 4.40 Å². The molecule has 20 heavy (non-hydrogen) atoms. The molecule has 0 unspecified atom stereocenters. The standard InChI is InChI=1S/C14H16N2OS.C2H6/c1-9-8-16-11-7-14(2,3)6-10(17-4)5-12(11)18-13(16)15-9;1-2/h5-8H,1-4H3;1-2H3. The fourth-order valence-electron chi connectivity index (χ4n) is 2.28. The van der Waals surface area contributed by atoms with Gasteiger partial charge in [-0.05, 0) is 25.2 Å². The molecule has 1 aliphatic rings. The van der Waals surface area contributed by atoms with Crippen molar-refractivity contribution in [3.63, 3.8) is 0 Å². The van der Waals surface area contributed by atoms with E-state index in [0.29, 0.717) is 0 Å². The number of hydrogen-bond donors (Lipinski definition) is 0. The molecule has 0 saturated carbocycles. The Hall–Kier alpha value is -1.55. The predicted molar refractivity (Wildman–Crippen MR) is 86.2 cm³/mol. The van der Waals surface area contributed by atoms with Gasteiger partial charge in [-0.2, -0.15) is 0 Å². The summed E-state index contributed by atoms with van der Waals surface area (Å²) in [5, 5.41) is 1.21. The highest BCUT2D eigenvalue weighted by molar-refractivity contribution is 7.15. The number of thiazole rings is 1. The number of ether oxygens (including phenoxy) is 1. The molecular weight excluding hydrogens is 268 g/mol. The summed E-state index contributed by atoms with van der Waals surface area (Å²) in [6.45, 7) is 10.4. The molecule has 1 aliphatic carbocycles. The molecule has 3 nitrogen and oxygen atoms in total. The van der Waals surface area contributed by atoms with Gasteiger partial charge in [0.1, 0.15) is 5.76 Å². The maximum absolute atomic E-state index is 5.42. The number of aryl methyl sites for hydroxylation is 1. The summed E-state index contributed by atoms with van der Waals surface area (Å²) in [6, 6.07) is 0. The third-order valence-corrected chi connectivity index (χ3v) is 4.06. The summed E-state index contributed by atoms with van der Waals surface area (Å²) in [4.78, 5) is 5.57. The van der Waals surface area contributed by atoms with Crippen molar-refractivity contribution in [3.8, 4) is 0 Å². The van der Waals surface area contributed by atoms with E-state index >= 15 is 0 Å². The molecule has 2 aromatic heterocycles. The second kappa shape index (κ2) is 5.44. The van der Waals surface area contributed by atoms with Crippen molar-refractivity contribution in [1.82, 2.24) is 9.38 Å². The van der Waals surface area contributed by atoms with Crippen LogP contribution < -0.4 is 9.88 Å². The molecule has 0 spiro atoms. The lowest BCUT2D eigenvalue weighted by Crippen LogP contribution is -2.26. The molecule has 0 saturated heterocycles. The van der Waals surface area contributed by atoms with Crippen molar-refractivity contribution in [2.45, 2.75) is 34.6 Å². The van der Waals surface area contributed by atoms with Gasteiger partial charge in [0.25, 0.3) is 0 Å². The molecule has 0 aliphatic heterocycles. The zero-order valence-corrected chi connectivity index (χ0v) is 13.8. The first-order chi connectivity index (χ1) is 9.48. The molecule has 4 heteroatoms. The number of fused-ring (bicyclic) bond motifs is 3. The predicted octanol–water partition coefficient (Wildman–Crippen LogP) is 2.86. The van der Waals surface area contributed by atoms with Gasteiger partial charge in [0.05, 0.1) is 22.7 Å². The Morgan fingerprint density at radius 2 is 1.95 bits per heavy atom. The van der Waals surface area contributed by atoms with Crippen LogP contribution in [0.2, 0.25) is 0 Å². The Bertz CT molecular complexity index is 762. The molecule has 108 valence electrons. The van der Waals surface area contributed by atoms with E-state index in [1.807, 2.05) is 20.8 Å². The quantitative estimate of drug-likeness (QED) is 0.807. The van der Waals surface area contributed by atoms with Gasteiger partial charge in [0.2, 0.25) is 0 Å². The van der Waals surface area contributed by atoms with Crippen LogP contribution in [0.1, 0.15) is 33.4 Å². The highest BCUT2D eigenvalue weighted by atomic mass is 32.1. The molecule has 0 atom stereocenters. The lowest BCUT2D eigenvalue weighted by molar-refractivity contribution is 0.308. The van der Waals surface area contributed by atoms with Crippen molar-refractivity contribution in [1.29, 1.82) is 0 Å². The number of rotatable bonds is 1. The highest BCUT2D eigenvalue weighted by Crippen LogP contribution is 2.23. The average Bonchev–Trinajstić information content (AvgIpc) is 2.84. The van der Waals surface area contributed by atoms with E-state index in [4.69, 9.17) is 4.74 Å². The van der Waals surface area contributed by atoms with Gasteiger partial charge in [-0.1, -0.05) is 39.0 Å². The summed E-state index contributed by atoms with van der Waals surface area (Å²) in [6.07, 6.45) is 8.60. The van der Waals surface area contributed by atoms with Gasteiger partial charge in [-0.25, -0.2) is 4.98 Å². The first-order valence-corrected chi connectivity index (χ1v) is 7.76. The zero-order chi connectivity index (χ0) is 14.9. The summed E-state index contributed by atoms with van der Waals surface area (Å²) >= 11 is 1.70. The molecule has 2 aromatic rings. The molecule has 0 fully saturated rings. The van der Waals surface area contributed by atoms with Crippen molar-refractivity contribution < 1.29 is 4.74 Å². The highest BCUT2D eigenvalue weighted by Gasteiger charge is 2.17. The maximum atomic E-state index is 5.42. The fourth-order valence-corrected chi connectivity index (χ4v) is 3.36. The Labute approximate surface area is 123 Å². The van der Waals surface area contributed by atoms with Gasteiger partial charge < -0.3 is 4.74 Å². The Kier molecular flexibility index (Phi) is 4.04. The van der Waals surface area contributed by atoms with E-state index in [9.17, 15) is 0 Å². The van der Waals surface area contributed by atoms with Crippen LogP contribution in [0.25, 0.3) is 17.1 Å². The number of hydrogen-bond acceptors (Lipinski definition) is 3. The van der Waals surface area contributed by atoms with E-state index in [-0.39, 0.29) is 5.41 Å². The topological polar surface area (TPSA) is 26.5 Å². The lowest BCUT2D eigenvalue weighted by atomic mass is 9.93. The molecule has 0 radical (unpaired) electrons. The number of nitrogens with zero attached hydrogens (tertiary/aromatic N) is 2. The third kappa shape index (κ3) is 2.66. The molecule has 0 N–H and O–H groups in total. The van der Waals surface area contributed by atoms with Crippen LogP contribution in [0.3, 0.4) is 0 Å². The van der Waals surface area contributed by atoms with Gasteiger partial charge in [-0.15, -0.1) is 0 Å². The Morgan fingerprint density at radius 1 is 1.25 bits per heavy atom. The van der Waals surface area contributed by atoms with Crippen LogP contribution in [-0.2, 0) is 4.74 Å². The van der Waals surface area contributed by atoms with Crippen molar-refractivity contribution in [2.75, 3.05) is 7.11 Å². The SMILES string of the molecule is CC.COC1=CC(C)(C)C=c2c(sc3nc(C)cn23)=C1. The van der Waals surface area contributed by atoms with Crippen LogP contribution in [0, 0.1) is 12.3 Å². The molecule has 3 rings (SSSR count). The Balaban J connectivity index is 0.000000704. The molecule has 0 bridgehead atoms. The number of aromatic nitrogens is 2. The second-order valence-corrected chi connectivity index (χ2v) is 6.26. The van der Waals surface area contributed by atoms with Crippen LogP contribution >= 0.6 is 11.3 Å². The van der Waals surface area contributed by atoms with Crippen LogP contribution in [0.15, 0.2) is 18.0 Å². The van der Waals surface area contributed by atoms with Gasteiger partial charge in [0, 0.05) is 11.6 Å². The third-order valence-electron chi connectivity index (χ3n) is 3.04. The largest absolute Gasteiger partial charge is 0.497 e. The molecule has 0 amide bonds. The van der Waals surface area contributed by atoms with Crippen molar-refractivity contribution in [2.24, 2.45) is 5.41 Å². The van der Waals surface area contributed by atoms with Crippen LogP contribution in [0.4, 0.5) is 0 Å². The van der Waals surface area contributed by atoms with E-state index in [1.54, 1.807) is 18.4 Å². The van der Waals surface area contributed by atoms with Crippen LogP contribution in [0.5, 0.6) is 0 Å². The number of allylic oxidation sites excluding steroid dienone is 2. The summed E-state index contributed by atoms with van der Waals surface area (Å²) in [7, 11) is 1.71. The summed E-state index contributed by atoms with van der Waals surface area (Å²) in [5.74, 6) is 0.913. The number of imidazole rings is 1. The lowest BCUT2D eigenvalue weighted by Gasteiger charge is -2.14. The van der Waals surface area contributed by atoms with E-state index in [1.165, 1.54) is 9.88 Å².